The number of thioether (sulfide) groups is 1. The topological polar surface area (TPSA) is 29.5 Å². The minimum atomic E-state index is -0.117. The van der Waals surface area contributed by atoms with E-state index < -0.39 is 0 Å². The Morgan fingerprint density at radius 2 is 1.96 bits per heavy atom. The number of halogens is 2. The summed E-state index contributed by atoms with van der Waals surface area (Å²) >= 11 is 18.9. The summed E-state index contributed by atoms with van der Waals surface area (Å²) in [4.78, 5) is 14.9. The van der Waals surface area contributed by atoms with Gasteiger partial charge in [0, 0.05) is 17.1 Å². The molecule has 1 fully saturated rings. The lowest BCUT2D eigenvalue weighted by Gasteiger charge is -2.14. The Bertz CT molecular complexity index is 885. The van der Waals surface area contributed by atoms with Crippen LogP contribution in [0.1, 0.15) is 11.1 Å². The van der Waals surface area contributed by atoms with Crippen molar-refractivity contribution in [3.8, 4) is 5.75 Å². The minimum absolute atomic E-state index is 0.117. The lowest BCUT2D eigenvalue weighted by atomic mass is 10.1. The Labute approximate surface area is 171 Å². The number of hydrogen-bond acceptors (Lipinski definition) is 4. The van der Waals surface area contributed by atoms with Gasteiger partial charge in [0.2, 0.25) is 0 Å². The molecule has 0 saturated carbocycles. The Balaban J connectivity index is 1.81. The van der Waals surface area contributed by atoms with Gasteiger partial charge in [-0.15, -0.1) is 0 Å². The van der Waals surface area contributed by atoms with Gasteiger partial charge in [-0.05, 0) is 30.2 Å². The molecule has 3 rings (SSSR count). The number of thiocarbonyl (C=S) groups is 1. The molecular formula is C19H15Cl2NO2S2. The highest BCUT2D eigenvalue weighted by Crippen LogP contribution is 2.38. The fourth-order valence-corrected chi connectivity index (χ4v) is 4.51. The number of carbonyl (C=O) groups excluding carboxylic acids is 1. The quantitative estimate of drug-likeness (QED) is 0.472. The van der Waals surface area contributed by atoms with Crippen molar-refractivity contribution in [1.29, 1.82) is 0 Å². The van der Waals surface area contributed by atoms with Crippen LogP contribution in [0.3, 0.4) is 0 Å². The van der Waals surface area contributed by atoms with E-state index in [9.17, 15) is 4.79 Å². The SMILES string of the molecule is COc1c(Cl)cc(Cl)cc1/C=C1/SC(=S)N(CCc2ccccc2)C1=O. The van der Waals surface area contributed by atoms with E-state index in [4.69, 9.17) is 40.2 Å². The summed E-state index contributed by atoms with van der Waals surface area (Å²) in [7, 11) is 1.53. The molecule has 2 aromatic carbocycles. The molecule has 0 N–H and O–H groups in total. The van der Waals surface area contributed by atoms with Gasteiger partial charge in [-0.1, -0.05) is 77.5 Å². The first kappa shape index (κ1) is 19.2. The third kappa shape index (κ3) is 4.23. The van der Waals surface area contributed by atoms with Crippen molar-refractivity contribution in [3.05, 3.63) is 68.5 Å². The van der Waals surface area contributed by atoms with Gasteiger partial charge in [0.05, 0.1) is 17.0 Å². The molecule has 134 valence electrons. The average Bonchev–Trinajstić information content (AvgIpc) is 2.87. The van der Waals surface area contributed by atoms with Crippen molar-refractivity contribution < 1.29 is 9.53 Å². The van der Waals surface area contributed by atoms with Crippen LogP contribution >= 0.6 is 47.2 Å². The zero-order valence-corrected chi connectivity index (χ0v) is 17.0. The molecule has 0 bridgehead atoms. The van der Waals surface area contributed by atoms with Crippen molar-refractivity contribution in [3.63, 3.8) is 0 Å². The van der Waals surface area contributed by atoms with E-state index in [2.05, 4.69) is 0 Å². The summed E-state index contributed by atoms with van der Waals surface area (Å²) in [5, 5.41) is 0.868. The van der Waals surface area contributed by atoms with Gasteiger partial charge in [0.15, 0.2) is 0 Å². The molecule has 1 heterocycles. The molecule has 26 heavy (non-hydrogen) atoms. The molecular weight excluding hydrogens is 409 g/mol. The molecule has 0 spiro atoms. The molecule has 1 aliphatic heterocycles. The number of methoxy groups -OCH3 is 1. The van der Waals surface area contributed by atoms with Gasteiger partial charge in [-0.2, -0.15) is 0 Å². The summed E-state index contributed by atoms with van der Waals surface area (Å²) < 4.78 is 5.88. The third-order valence-corrected chi connectivity index (χ3v) is 5.75. The molecule has 1 aliphatic rings. The lowest BCUT2D eigenvalue weighted by Crippen LogP contribution is -2.30. The fraction of sp³-hybridized carbons (Fsp3) is 0.158. The van der Waals surface area contributed by atoms with Crippen LogP contribution in [0.4, 0.5) is 0 Å². The average molecular weight is 424 g/mol. The molecule has 0 unspecified atom stereocenters. The second kappa shape index (κ2) is 8.44. The molecule has 1 saturated heterocycles. The Morgan fingerprint density at radius 3 is 2.65 bits per heavy atom. The van der Waals surface area contributed by atoms with Gasteiger partial charge in [0.25, 0.3) is 5.91 Å². The van der Waals surface area contributed by atoms with Crippen LogP contribution in [-0.4, -0.2) is 28.8 Å². The van der Waals surface area contributed by atoms with Crippen molar-refractivity contribution in [1.82, 2.24) is 4.90 Å². The zero-order chi connectivity index (χ0) is 18.7. The maximum absolute atomic E-state index is 12.8. The normalized spacial score (nSPS) is 15.8. The monoisotopic (exact) mass is 423 g/mol. The molecule has 7 heteroatoms. The van der Waals surface area contributed by atoms with Gasteiger partial charge in [-0.25, -0.2) is 0 Å². The number of nitrogens with zero attached hydrogens (tertiary/aromatic N) is 1. The number of hydrogen-bond donors (Lipinski definition) is 0. The third-order valence-electron chi connectivity index (χ3n) is 3.87. The van der Waals surface area contributed by atoms with E-state index in [1.165, 1.54) is 18.9 Å². The fourth-order valence-electron chi connectivity index (χ4n) is 2.62. The molecule has 0 radical (unpaired) electrons. The predicted octanol–water partition coefficient (Wildman–Crippen LogP) is 5.45. The van der Waals surface area contributed by atoms with Crippen LogP contribution in [0, 0.1) is 0 Å². The molecule has 1 amide bonds. The van der Waals surface area contributed by atoms with E-state index in [0.717, 1.165) is 12.0 Å². The highest BCUT2D eigenvalue weighted by atomic mass is 35.5. The standard InChI is InChI=1S/C19H15Cl2NO2S2/c1-24-17-13(9-14(20)11-15(17)21)10-16-18(23)22(19(25)26-16)8-7-12-5-3-2-4-6-12/h2-6,9-11H,7-8H2,1H3/b16-10+. The first-order valence-corrected chi connectivity index (χ1v) is 9.80. The Morgan fingerprint density at radius 1 is 1.23 bits per heavy atom. The highest BCUT2D eigenvalue weighted by Gasteiger charge is 2.32. The van der Waals surface area contributed by atoms with Crippen LogP contribution in [0.2, 0.25) is 10.0 Å². The highest BCUT2D eigenvalue weighted by molar-refractivity contribution is 8.26. The molecule has 0 atom stereocenters. The van der Waals surface area contributed by atoms with Crippen LogP contribution in [0.15, 0.2) is 47.4 Å². The van der Waals surface area contributed by atoms with Crippen LogP contribution in [0.5, 0.6) is 5.75 Å². The number of amides is 1. The first-order valence-electron chi connectivity index (χ1n) is 7.82. The molecule has 2 aromatic rings. The summed E-state index contributed by atoms with van der Waals surface area (Å²) in [5.74, 6) is 0.361. The second-order valence-electron chi connectivity index (χ2n) is 5.58. The maximum atomic E-state index is 12.8. The molecule has 0 aromatic heterocycles. The Kier molecular flexibility index (Phi) is 6.24. The van der Waals surface area contributed by atoms with Gasteiger partial charge < -0.3 is 4.74 Å². The van der Waals surface area contributed by atoms with Gasteiger partial charge >= 0.3 is 0 Å². The van der Waals surface area contributed by atoms with E-state index in [-0.39, 0.29) is 5.91 Å². The smallest absolute Gasteiger partial charge is 0.266 e. The van der Waals surface area contributed by atoms with Crippen molar-refractivity contribution >= 4 is 63.5 Å². The van der Waals surface area contributed by atoms with E-state index >= 15 is 0 Å². The number of ether oxygens (including phenoxy) is 1. The Hall–Kier alpha value is -1.53. The van der Waals surface area contributed by atoms with Crippen molar-refractivity contribution in [2.24, 2.45) is 0 Å². The van der Waals surface area contributed by atoms with Gasteiger partial charge in [-0.3, -0.25) is 9.69 Å². The van der Waals surface area contributed by atoms with Crippen LogP contribution < -0.4 is 4.74 Å². The summed E-state index contributed by atoms with van der Waals surface area (Å²) in [6.45, 7) is 0.541. The van der Waals surface area contributed by atoms with Crippen LogP contribution in [0.25, 0.3) is 6.08 Å². The van der Waals surface area contributed by atoms with E-state index in [1.807, 2.05) is 30.3 Å². The lowest BCUT2D eigenvalue weighted by molar-refractivity contribution is -0.122. The van der Waals surface area contributed by atoms with Crippen LogP contribution in [-0.2, 0) is 11.2 Å². The maximum Gasteiger partial charge on any atom is 0.266 e. The number of benzene rings is 2. The van der Waals surface area contributed by atoms with E-state index in [1.54, 1.807) is 23.1 Å². The summed E-state index contributed by atoms with van der Waals surface area (Å²) in [5.41, 5.74) is 1.81. The molecule has 0 aliphatic carbocycles. The first-order chi connectivity index (χ1) is 12.5. The van der Waals surface area contributed by atoms with Gasteiger partial charge in [0.1, 0.15) is 10.1 Å². The van der Waals surface area contributed by atoms with E-state index in [0.29, 0.717) is 37.1 Å². The second-order valence-corrected chi connectivity index (χ2v) is 8.10. The number of rotatable bonds is 5. The minimum Gasteiger partial charge on any atom is -0.495 e. The largest absolute Gasteiger partial charge is 0.495 e. The zero-order valence-electron chi connectivity index (χ0n) is 13.9. The van der Waals surface area contributed by atoms with Crippen molar-refractivity contribution in [2.75, 3.05) is 13.7 Å². The summed E-state index contributed by atoms with van der Waals surface area (Å²) in [6.07, 6.45) is 2.46. The predicted molar refractivity (Wildman–Crippen MR) is 113 cm³/mol. The molecule has 3 nitrogen and oxygen atoms in total. The van der Waals surface area contributed by atoms with Crippen molar-refractivity contribution in [2.45, 2.75) is 6.42 Å². The number of carbonyl (C=O) groups is 1. The summed E-state index contributed by atoms with van der Waals surface area (Å²) in [6, 6.07) is 13.3.